The minimum Gasteiger partial charge on any atom is -0.550 e. The molecule has 6 rings (SSSR count). The Hall–Kier alpha value is -5.83. The number of carbonyl (C=O) groups excluding carboxylic acids is 10. The predicted octanol–water partition coefficient (Wildman–Crippen LogP) is 1.45. The number of Topliss-reactive ketones (excluding diaryl/α,β-unsaturated/α-hetero) is 8. The summed E-state index contributed by atoms with van der Waals surface area (Å²) >= 11 is 0. The smallest absolute Gasteiger partial charge is 0.220 e. The number of phenolic OH excluding ortho intramolecular Hbond substituents is 1. The van der Waals surface area contributed by atoms with E-state index in [0.29, 0.717) is 76.1 Å². The number of methoxy groups -OCH3 is 1. The molecular formula is C62H88N4O15S+2. The maximum atomic E-state index is 15.1. The topological polar surface area (TPSA) is 344 Å². The number of aliphatic carboxylic acids is 1. The number of rotatable bonds is 36. The third-order valence-electron chi connectivity index (χ3n) is 18.5. The van der Waals surface area contributed by atoms with Crippen molar-refractivity contribution in [1.29, 1.82) is 0 Å². The van der Waals surface area contributed by atoms with Gasteiger partial charge in [0.1, 0.15) is 57.8 Å². The van der Waals surface area contributed by atoms with E-state index in [4.69, 9.17) is 10.5 Å². The zero-order valence-electron chi connectivity index (χ0n) is 48.1. The molecule has 2 heterocycles. The molecule has 4 fully saturated rings. The standard InChI is InChI=1S/C62H86N4O15S/c1-36(62(64)78)21-57(72)52-34-65-32-44(52)29-54(69)40(7-4-5-20-63)25-59(74)51-31-49(82(79,80)48-17-15-47(81-3)16-18-48)24-42(51)27-56(71)43(23-38-10-13-46(68)14-11-38)28-60(75)53-35-66-33-45(53)30-55(70)41(12-19-61(76)77)26-58(73)50-9-6-8-39(50)22-37(2)67/h10-11,13-18,36,39-45,49-53,65-66,68H,4-9,12,19-35,63H2,1-3H3,(H2,64,78)(H,76,77)/p+2/t36-,39?,40-,41-,42?,43-,44?,45?,49?,50?,51?,52?,53?/m0/s1. The van der Waals surface area contributed by atoms with Crippen LogP contribution in [0.5, 0.6) is 11.5 Å². The molecule has 2 saturated heterocycles. The zero-order valence-corrected chi connectivity index (χ0v) is 48.9. The minimum atomic E-state index is -4.09. The van der Waals surface area contributed by atoms with Gasteiger partial charge in [-0.15, -0.1) is 0 Å². The number of sulfone groups is 1. The molecule has 0 radical (unpaired) electrons. The first-order chi connectivity index (χ1) is 39.0. The van der Waals surface area contributed by atoms with Crippen LogP contribution in [0.15, 0.2) is 53.4 Å². The number of quaternary nitrogens is 3. The molecule has 2 aliphatic heterocycles. The van der Waals surface area contributed by atoms with E-state index in [2.05, 4.69) is 5.73 Å². The molecule has 0 bridgehead atoms. The van der Waals surface area contributed by atoms with E-state index in [9.17, 15) is 61.8 Å². The summed E-state index contributed by atoms with van der Waals surface area (Å²) in [6.07, 6.45) is 2.35. The van der Waals surface area contributed by atoms with Crippen molar-refractivity contribution < 1.29 is 87.7 Å². The van der Waals surface area contributed by atoms with Crippen LogP contribution >= 0.6 is 0 Å². The first kappa shape index (κ1) is 65.3. The average Bonchev–Trinajstić information content (AvgIpc) is 4.47. The lowest BCUT2D eigenvalue weighted by Gasteiger charge is -2.25. The van der Waals surface area contributed by atoms with Crippen LogP contribution in [-0.4, -0.2) is 117 Å². The highest BCUT2D eigenvalue weighted by Gasteiger charge is 2.48. The van der Waals surface area contributed by atoms with Gasteiger partial charge in [-0.2, -0.15) is 0 Å². The maximum absolute atomic E-state index is 15.1. The lowest BCUT2D eigenvalue weighted by molar-refractivity contribution is -0.639. The number of unbranched alkanes of at least 4 members (excludes halogenated alkanes) is 1. The van der Waals surface area contributed by atoms with Gasteiger partial charge < -0.3 is 46.6 Å². The van der Waals surface area contributed by atoms with Gasteiger partial charge in [0, 0.05) is 105 Å². The van der Waals surface area contributed by atoms with Crippen LogP contribution in [0.4, 0.5) is 0 Å². The van der Waals surface area contributed by atoms with E-state index in [1.165, 1.54) is 50.4 Å². The van der Waals surface area contributed by atoms with Crippen molar-refractivity contribution in [2.24, 2.45) is 76.7 Å². The number of phenols is 1. The van der Waals surface area contributed by atoms with Gasteiger partial charge in [-0.05, 0) is 125 Å². The van der Waals surface area contributed by atoms with E-state index in [1.54, 1.807) is 19.1 Å². The van der Waals surface area contributed by atoms with Gasteiger partial charge in [-0.25, -0.2) is 8.42 Å². The Morgan fingerprint density at radius 2 is 1.20 bits per heavy atom. The Kier molecular flexibility index (Phi) is 24.4. The molecule has 13 atom stereocenters. The van der Waals surface area contributed by atoms with Crippen LogP contribution in [0.2, 0.25) is 0 Å². The largest absolute Gasteiger partial charge is 0.550 e. The van der Waals surface area contributed by atoms with Gasteiger partial charge in [0.15, 0.2) is 9.84 Å². The number of aromatic hydroxyl groups is 1. The van der Waals surface area contributed by atoms with Gasteiger partial charge in [0.05, 0.1) is 61.8 Å². The number of carboxylic acids is 1. The molecule has 2 saturated carbocycles. The summed E-state index contributed by atoms with van der Waals surface area (Å²) in [6.45, 7) is 5.35. The number of amides is 1. The fourth-order valence-corrected chi connectivity index (χ4v) is 15.6. The monoisotopic (exact) mass is 1160 g/mol. The van der Waals surface area contributed by atoms with Crippen LogP contribution in [-0.2, 0) is 64.2 Å². The van der Waals surface area contributed by atoms with Crippen LogP contribution in [0.1, 0.15) is 135 Å². The summed E-state index contributed by atoms with van der Waals surface area (Å²) in [6, 6.07) is 12.1. The first-order valence-electron chi connectivity index (χ1n) is 29.7. The number of ketones is 8. The van der Waals surface area contributed by atoms with Crippen molar-refractivity contribution in [3.05, 3.63) is 54.1 Å². The minimum absolute atomic E-state index is 0.0141. The van der Waals surface area contributed by atoms with Crippen LogP contribution in [0.25, 0.3) is 0 Å². The Labute approximate surface area is 481 Å². The summed E-state index contributed by atoms with van der Waals surface area (Å²) in [4.78, 5) is 136. The van der Waals surface area contributed by atoms with E-state index in [1.807, 2.05) is 10.6 Å². The lowest BCUT2D eigenvalue weighted by Crippen LogP contribution is -2.81. The Bertz CT molecular complexity index is 2730. The molecule has 9 unspecified atom stereocenters. The highest BCUT2D eigenvalue weighted by Crippen LogP contribution is 2.44. The zero-order chi connectivity index (χ0) is 59.8. The van der Waals surface area contributed by atoms with E-state index in [-0.39, 0.29) is 146 Å². The third-order valence-corrected chi connectivity index (χ3v) is 20.7. The second kappa shape index (κ2) is 30.6. The number of benzene rings is 2. The van der Waals surface area contributed by atoms with Crippen LogP contribution in [0.3, 0.4) is 0 Å². The molecular weight excluding hydrogens is 1070 g/mol. The summed E-state index contributed by atoms with van der Waals surface area (Å²) in [7, 11) is -2.63. The molecule has 2 aliphatic carbocycles. The lowest BCUT2D eigenvalue weighted by atomic mass is 9.76. The summed E-state index contributed by atoms with van der Waals surface area (Å²) in [5, 5.41) is 24.6. The molecule has 0 aromatic heterocycles. The quantitative estimate of drug-likeness (QED) is 0.0603. The Balaban J connectivity index is 1.24. The van der Waals surface area contributed by atoms with Crippen molar-refractivity contribution in [1.82, 2.24) is 0 Å². The number of carboxylic acid groups (broad SMARTS) is 1. The fourth-order valence-electron chi connectivity index (χ4n) is 13.8. The van der Waals surface area contributed by atoms with E-state index >= 15 is 4.79 Å². The second-order valence-electron chi connectivity index (χ2n) is 24.4. The summed E-state index contributed by atoms with van der Waals surface area (Å²) in [5.41, 5.74) is 10.0. The molecule has 82 heavy (non-hydrogen) atoms. The molecule has 1 amide bonds. The molecule has 2 aromatic rings. The van der Waals surface area contributed by atoms with Crippen molar-refractivity contribution >= 4 is 68.0 Å². The number of primary amides is 1. The molecule has 2 aromatic carbocycles. The first-order valence-corrected chi connectivity index (χ1v) is 31.3. The van der Waals surface area contributed by atoms with Gasteiger partial charge in [0.2, 0.25) is 5.91 Å². The number of ether oxygens (including phenoxy) is 1. The summed E-state index contributed by atoms with van der Waals surface area (Å²) in [5.74, 6) is -11.0. The average molecular weight is 1160 g/mol. The van der Waals surface area contributed by atoms with Crippen molar-refractivity contribution in [2.45, 2.75) is 146 Å². The second-order valence-corrected chi connectivity index (χ2v) is 26.6. The van der Waals surface area contributed by atoms with Crippen molar-refractivity contribution in [3.8, 4) is 11.5 Å². The van der Waals surface area contributed by atoms with Gasteiger partial charge in [0.25, 0.3) is 0 Å². The normalized spacial score (nSPS) is 25.0. The van der Waals surface area contributed by atoms with Gasteiger partial charge >= 0.3 is 0 Å². The van der Waals surface area contributed by atoms with Gasteiger partial charge in [-0.3, -0.25) is 38.4 Å². The SMILES string of the molecule is COc1ccc(S(=O)(=O)C2CC(CC(=O)[C@H](CC(=O)C3C[NH2+]CC3CC(=O)[C@@H](CCC(=O)[O-])CC(=O)C3CCCC3CC(C)=O)Cc3ccc(O)cc3)C(C(=O)C[C@H](CCCC[NH3+])C(=O)CC3C[NH2+]CC3C(=O)C[C@H](C)C(N)=O)C2)cc1. The van der Waals surface area contributed by atoms with E-state index in [0.717, 1.165) is 6.42 Å². The highest BCUT2D eigenvalue weighted by molar-refractivity contribution is 7.92. The van der Waals surface area contributed by atoms with Crippen LogP contribution < -0.4 is 31.9 Å². The Morgan fingerprint density at radius 3 is 1.76 bits per heavy atom. The van der Waals surface area contributed by atoms with Gasteiger partial charge in [-0.1, -0.05) is 25.5 Å². The molecule has 20 heteroatoms. The predicted molar refractivity (Wildman–Crippen MR) is 297 cm³/mol. The van der Waals surface area contributed by atoms with Crippen LogP contribution in [0, 0.1) is 71.0 Å². The molecule has 0 spiro atoms. The van der Waals surface area contributed by atoms with Crippen molar-refractivity contribution in [3.63, 3.8) is 0 Å². The number of nitrogens with two attached hydrogens (primary N) is 3. The third kappa shape index (κ3) is 18.1. The molecule has 10 N–H and O–H groups in total. The van der Waals surface area contributed by atoms with E-state index < -0.39 is 92.6 Å². The summed E-state index contributed by atoms with van der Waals surface area (Å²) < 4.78 is 34.3. The Morgan fingerprint density at radius 1 is 0.659 bits per heavy atom. The highest BCUT2D eigenvalue weighted by atomic mass is 32.2. The molecule has 450 valence electrons. The maximum Gasteiger partial charge on any atom is 0.220 e. The number of hydrogen-bond donors (Lipinski definition) is 5. The molecule has 4 aliphatic rings. The molecule has 19 nitrogen and oxygen atoms in total. The van der Waals surface area contributed by atoms with Crippen molar-refractivity contribution in [2.75, 3.05) is 39.8 Å². The fraction of sp³-hybridized carbons (Fsp3) is 0.645. The number of carbonyl (C=O) groups is 10. The number of hydrogen-bond acceptors (Lipinski definition) is 15.